The lowest BCUT2D eigenvalue weighted by Crippen LogP contribution is -2.45. The maximum absolute atomic E-state index is 12.0. The molecule has 2 atom stereocenters. The Morgan fingerprint density at radius 3 is 2.22 bits per heavy atom. The highest BCUT2D eigenvalue weighted by molar-refractivity contribution is 5.18. The topological polar surface area (TPSA) is 89.4 Å². The molecule has 0 aromatic carbocycles. The number of nitrogens with zero attached hydrogens (tertiary/aromatic N) is 2. The van der Waals surface area contributed by atoms with Gasteiger partial charge in [-0.25, -0.2) is 0 Å². The average molecular weight is 256 g/mol. The Bertz CT molecular complexity index is 496. The largest absolute Gasteiger partial charge is 0.616 e. The minimum Gasteiger partial charge on any atom is -0.616 e. The zero-order chi connectivity index (χ0) is 14.0. The number of hydrogen-bond donors (Lipinski definition) is 2. The van der Waals surface area contributed by atoms with Crippen molar-refractivity contribution in [3.8, 4) is 5.88 Å². The van der Waals surface area contributed by atoms with Crippen LogP contribution in [0.5, 0.6) is 5.88 Å². The lowest BCUT2D eigenvalue weighted by atomic mass is 10.0. The molecule has 0 spiro atoms. The zero-order valence-electron chi connectivity index (χ0n) is 11.2. The van der Waals surface area contributed by atoms with Crippen molar-refractivity contribution in [1.82, 2.24) is 4.73 Å². The molecule has 0 fully saturated rings. The fraction of sp³-hybridized carbons (Fsp3) is 0.667. The molecule has 6 heteroatoms. The van der Waals surface area contributed by atoms with E-state index in [9.17, 15) is 20.3 Å². The number of rotatable bonds is 4. The van der Waals surface area contributed by atoms with E-state index in [1.54, 1.807) is 13.8 Å². The molecule has 0 radical (unpaired) electrons. The van der Waals surface area contributed by atoms with Gasteiger partial charge in [-0.2, -0.15) is 0 Å². The molecule has 18 heavy (non-hydrogen) atoms. The minimum atomic E-state index is -0.757. The second-order valence-corrected chi connectivity index (χ2v) is 4.62. The van der Waals surface area contributed by atoms with E-state index >= 15 is 0 Å². The van der Waals surface area contributed by atoms with Crippen molar-refractivity contribution in [2.45, 2.75) is 52.4 Å². The van der Waals surface area contributed by atoms with Gasteiger partial charge in [0.25, 0.3) is 5.69 Å². The summed E-state index contributed by atoms with van der Waals surface area (Å²) in [5.74, 6) is -1.21. The van der Waals surface area contributed by atoms with Gasteiger partial charge in [-0.1, -0.05) is 27.7 Å². The van der Waals surface area contributed by atoms with E-state index in [1.165, 1.54) is 0 Å². The van der Waals surface area contributed by atoms with Crippen LogP contribution in [-0.2, 0) is 0 Å². The molecule has 0 bridgehead atoms. The fourth-order valence-electron chi connectivity index (χ4n) is 1.84. The Labute approximate surface area is 106 Å². The second-order valence-electron chi connectivity index (χ2n) is 4.62. The standard InChI is InChI=1S/C12H20N2O4/c1-5-7(3)9-11(15)14(18)10(8(4)6-2)12(16)13(9)17/h7-8,15,17H,5-6H2,1-4H3/t7-,8-/m0/s1. The van der Waals surface area contributed by atoms with Crippen LogP contribution in [0.3, 0.4) is 0 Å². The molecule has 0 aliphatic carbocycles. The molecule has 0 aliphatic heterocycles. The summed E-state index contributed by atoms with van der Waals surface area (Å²) in [6.07, 6.45) is 1.16. The Morgan fingerprint density at radius 1 is 1.28 bits per heavy atom. The predicted molar refractivity (Wildman–Crippen MR) is 65.9 cm³/mol. The van der Waals surface area contributed by atoms with Gasteiger partial charge in [-0.05, 0) is 12.8 Å². The van der Waals surface area contributed by atoms with Gasteiger partial charge in [0.1, 0.15) is 0 Å². The summed E-state index contributed by atoms with van der Waals surface area (Å²) in [5.41, 5.74) is -0.929. The van der Waals surface area contributed by atoms with E-state index in [2.05, 4.69) is 0 Å². The monoisotopic (exact) mass is 256 g/mol. The van der Waals surface area contributed by atoms with Gasteiger partial charge in [-0.3, -0.25) is 4.79 Å². The third kappa shape index (κ3) is 2.14. The molecule has 1 rings (SSSR count). The van der Waals surface area contributed by atoms with Crippen LogP contribution >= 0.6 is 0 Å². The summed E-state index contributed by atoms with van der Waals surface area (Å²) in [6.45, 7) is 7.09. The van der Waals surface area contributed by atoms with Gasteiger partial charge in [0.2, 0.25) is 0 Å². The van der Waals surface area contributed by atoms with Crippen molar-refractivity contribution in [3.63, 3.8) is 0 Å². The lowest BCUT2D eigenvalue weighted by Gasteiger charge is -2.16. The number of aromatic hydroxyl groups is 1. The molecule has 1 heterocycles. The third-order valence-electron chi connectivity index (χ3n) is 3.44. The molecule has 6 nitrogen and oxygen atoms in total. The number of aromatic nitrogens is 2. The van der Waals surface area contributed by atoms with Gasteiger partial charge in [0, 0.05) is 11.8 Å². The lowest BCUT2D eigenvalue weighted by molar-refractivity contribution is -0.626. The van der Waals surface area contributed by atoms with E-state index in [0.717, 1.165) is 0 Å². The highest BCUT2D eigenvalue weighted by Gasteiger charge is 2.30. The molecule has 0 aliphatic rings. The fourth-order valence-corrected chi connectivity index (χ4v) is 1.84. The molecule has 2 N–H and O–H groups in total. The first-order valence-corrected chi connectivity index (χ1v) is 6.17. The van der Waals surface area contributed by atoms with E-state index < -0.39 is 11.4 Å². The summed E-state index contributed by atoms with van der Waals surface area (Å²) in [4.78, 5) is 12.0. The quantitative estimate of drug-likeness (QED) is 0.484. The van der Waals surface area contributed by atoms with E-state index in [1.807, 2.05) is 13.8 Å². The van der Waals surface area contributed by atoms with Gasteiger partial charge >= 0.3 is 11.4 Å². The summed E-state index contributed by atoms with van der Waals surface area (Å²) in [7, 11) is 0. The maximum Gasteiger partial charge on any atom is 0.401 e. The SMILES string of the molecule is CC[C@H](C)c1c(O)[n+]([O-])c([C@@H](C)CC)c(=O)n1O. The van der Waals surface area contributed by atoms with Crippen LogP contribution in [-0.4, -0.2) is 15.0 Å². The second kappa shape index (κ2) is 5.29. The first kappa shape index (κ1) is 14.3. The predicted octanol–water partition coefficient (Wildman–Crippen LogP) is 1.45. The van der Waals surface area contributed by atoms with Crippen LogP contribution < -0.4 is 10.3 Å². The van der Waals surface area contributed by atoms with Crippen LogP contribution in [0.4, 0.5) is 0 Å². The Morgan fingerprint density at radius 2 is 1.78 bits per heavy atom. The highest BCUT2D eigenvalue weighted by atomic mass is 16.5. The van der Waals surface area contributed by atoms with Crippen LogP contribution in [0, 0.1) is 5.21 Å². The van der Waals surface area contributed by atoms with Gasteiger partial charge in [-0.15, -0.1) is 9.46 Å². The van der Waals surface area contributed by atoms with Gasteiger partial charge in [0.05, 0.1) is 0 Å². The van der Waals surface area contributed by atoms with E-state index in [-0.39, 0.29) is 28.0 Å². The van der Waals surface area contributed by atoms with Crippen molar-refractivity contribution in [2.24, 2.45) is 0 Å². The molecule has 0 unspecified atom stereocenters. The third-order valence-corrected chi connectivity index (χ3v) is 3.44. The molecular formula is C12H20N2O4. The van der Waals surface area contributed by atoms with Crippen LogP contribution in [0.25, 0.3) is 0 Å². The smallest absolute Gasteiger partial charge is 0.401 e. The maximum atomic E-state index is 12.0. The van der Waals surface area contributed by atoms with Crippen molar-refractivity contribution >= 4 is 0 Å². The first-order valence-electron chi connectivity index (χ1n) is 6.17. The summed E-state index contributed by atoms with van der Waals surface area (Å²) in [6, 6.07) is 0. The average Bonchev–Trinajstić information content (AvgIpc) is 2.36. The van der Waals surface area contributed by atoms with Crippen molar-refractivity contribution in [3.05, 3.63) is 26.9 Å². The molecule has 0 saturated carbocycles. The van der Waals surface area contributed by atoms with Gasteiger partial charge in [0.15, 0.2) is 5.69 Å². The molecular weight excluding hydrogens is 236 g/mol. The zero-order valence-corrected chi connectivity index (χ0v) is 11.2. The summed E-state index contributed by atoms with van der Waals surface area (Å²) < 4.78 is 0.643. The van der Waals surface area contributed by atoms with Gasteiger partial charge < -0.3 is 15.5 Å². The molecule has 1 aromatic rings. The first-order chi connectivity index (χ1) is 8.36. The van der Waals surface area contributed by atoms with Crippen LogP contribution in [0.1, 0.15) is 63.8 Å². The highest BCUT2D eigenvalue weighted by Crippen LogP contribution is 2.24. The Kier molecular flexibility index (Phi) is 4.21. The van der Waals surface area contributed by atoms with Crippen molar-refractivity contribution in [2.75, 3.05) is 0 Å². The molecule has 0 saturated heterocycles. The summed E-state index contributed by atoms with van der Waals surface area (Å²) in [5, 5.41) is 31.6. The van der Waals surface area contributed by atoms with Crippen molar-refractivity contribution in [1.29, 1.82) is 0 Å². The Hall–Kier alpha value is -1.72. The van der Waals surface area contributed by atoms with Crippen molar-refractivity contribution < 1.29 is 15.0 Å². The number of hydrogen-bond acceptors (Lipinski definition) is 4. The molecule has 1 aromatic heterocycles. The minimum absolute atomic E-state index is 0.0375. The summed E-state index contributed by atoms with van der Waals surface area (Å²) >= 11 is 0. The Balaban J connectivity index is 3.61. The normalized spacial score (nSPS) is 14.4. The van der Waals surface area contributed by atoms with E-state index in [4.69, 9.17) is 0 Å². The molecule has 0 amide bonds. The van der Waals surface area contributed by atoms with Crippen LogP contribution in [0.2, 0.25) is 0 Å². The molecule has 102 valence electrons. The van der Waals surface area contributed by atoms with Crippen LogP contribution in [0.15, 0.2) is 4.79 Å². The van der Waals surface area contributed by atoms with E-state index in [0.29, 0.717) is 17.6 Å².